The molecule has 5 nitrogen and oxygen atoms in total. The van der Waals surface area contributed by atoms with Gasteiger partial charge in [-0.25, -0.2) is 13.1 Å². The molecule has 1 aromatic rings. The highest BCUT2D eigenvalue weighted by atomic mass is 35.5. The van der Waals surface area contributed by atoms with Crippen LogP contribution in [0.25, 0.3) is 6.08 Å². The third-order valence-electron chi connectivity index (χ3n) is 3.38. The Kier molecular flexibility index (Phi) is 5.61. The van der Waals surface area contributed by atoms with E-state index in [1.165, 1.54) is 6.08 Å². The van der Waals surface area contributed by atoms with Gasteiger partial charge in [0.25, 0.3) is 0 Å². The molecule has 7 heteroatoms. The van der Waals surface area contributed by atoms with E-state index in [0.29, 0.717) is 18.1 Å². The minimum atomic E-state index is -3.25. The number of nitrogens with one attached hydrogen (secondary N) is 1. The average molecular weight is 343 g/mol. The first-order valence-electron chi connectivity index (χ1n) is 7.03. The quantitative estimate of drug-likeness (QED) is 0.850. The van der Waals surface area contributed by atoms with Crippen LogP contribution in [0.2, 0.25) is 5.02 Å². The van der Waals surface area contributed by atoms with Gasteiger partial charge < -0.3 is 4.90 Å². The fraction of sp³-hybridized carbons (Fsp3) is 0.400. The van der Waals surface area contributed by atoms with Crippen molar-refractivity contribution in [1.29, 1.82) is 0 Å². The van der Waals surface area contributed by atoms with Crippen LogP contribution in [0.15, 0.2) is 30.3 Å². The number of piperidine rings is 1. The molecule has 22 heavy (non-hydrogen) atoms. The van der Waals surface area contributed by atoms with Crippen molar-refractivity contribution in [2.24, 2.45) is 0 Å². The number of carbonyl (C=O) groups excluding carboxylic acids is 1. The van der Waals surface area contributed by atoms with Gasteiger partial charge in [0.15, 0.2) is 0 Å². The second-order valence-corrected chi connectivity index (χ2v) is 7.62. The van der Waals surface area contributed by atoms with E-state index in [9.17, 15) is 13.2 Å². The molecule has 0 aliphatic carbocycles. The van der Waals surface area contributed by atoms with E-state index in [-0.39, 0.29) is 11.9 Å². The number of likely N-dealkylation sites (tertiary alicyclic amines) is 1. The zero-order valence-electron chi connectivity index (χ0n) is 12.3. The Balaban J connectivity index is 1.97. The van der Waals surface area contributed by atoms with E-state index in [0.717, 1.165) is 24.7 Å². The first kappa shape index (κ1) is 17.0. The van der Waals surface area contributed by atoms with Gasteiger partial charge in [-0.1, -0.05) is 23.7 Å². The lowest BCUT2D eigenvalue weighted by molar-refractivity contribution is -0.127. The second kappa shape index (κ2) is 7.26. The van der Waals surface area contributed by atoms with Crippen molar-refractivity contribution in [1.82, 2.24) is 9.62 Å². The van der Waals surface area contributed by atoms with Gasteiger partial charge in [0.05, 0.1) is 6.26 Å². The zero-order chi connectivity index (χ0) is 16.2. The summed E-state index contributed by atoms with van der Waals surface area (Å²) < 4.78 is 25.1. The van der Waals surface area contributed by atoms with Crippen LogP contribution in [0, 0.1) is 0 Å². The molecule has 1 aromatic carbocycles. The second-order valence-electron chi connectivity index (χ2n) is 5.40. The van der Waals surface area contributed by atoms with E-state index in [2.05, 4.69) is 4.72 Å². The maximum absolute atomic E-state index is 12.2. The maximum Gasteiger partial charge on any atom is 0.246 e. The van der Waals surface area contributed by atoms with E-state index in [1.54, 1.807) is 23.1 Å². The number of hydrogen-bond donors (Lipinski definition) is 1. The van der Waals surface area contributed by atoms with Crippen LogP contribution in [-0.4, -0.2) is 44.6 Å². The minimum absolute atomic E-state index is 0.125. The molecule has 1 heterocycles. The molecular formula is C15H19ClN2O3S. The third kappa shape index (κ3) is 5.44. The number of carbonyl (C=O) groups is 1. The number of rotatable bonds is 4. The molecule has 1 amide bonds. The summed E-state index contributed by atoms with van der Waals surface area (Å²) >= 11 is 5.90. The Morgan fingerprint density at radius 1 is 1.45 bits per heavy atom. The molecule has 0 saturated carbocycles. The van der Waals surface area contributed by atoms with Crippen LogP contribution in [0.1, 0.15) is 18.4 Å². The normalized spacial score (nSPS) is 19.5. The molecule has 1 atom stereocenters. The fourth-order valence-corrected chi connectivity index (χ4v) is 3.46. The van der Waals surface area contributed by atoms with Gasteiger partial charge in [-0.15, -0.1) is 0 Å². The van der Waals surface area contributed by atoms with Crippen molar-refractivity contribution in [3.05, 3.63) is 40.9 Å². The van der Waals surface area contributed by atoms with Crippen LogP contribution in [-0.2, 0) is 14.8 Å². The molecule has 1 N–H and O–H groups in total. The number of benzene rings is 1. The number of halogens is 1. The highest BCUT2D eigenvalue weighted by Crippen LogP contribution is 2.14. The van der Waals surface area contributed by atoms with Crippen molar-refractivity contribution in [3.63, 3.8) is 0 Å². The summed E-state index contributed by atoms with van der Waals surface area (Å²) in [6, 6.07) is 7.01. The highest BCUT2D eigenvalue weighted by Gasteiger charge is 2.24. The molecule has 0 unspecified atom stereocenters. The van der Waals surface area contributed by atoms with Crippen LogP contribution in [0.5, 0.6) is 0 Å². The predicted molar refractivity (Wildman–Crippen MR) is 88.1 cm³/mol. The molecular weight excluding hydrogens is 324 g/mol. The van der Waals surface area contributed by atoms with E-state index < -0.39 is 10.0 Å². The molecule has 1 fully saturated rings. The largest absolute Gasteiger partial charge is 0.338 e. The van der Waals surface area contributed by atoms with Gasteiger partial charge in [0.1, 0.15) is 0 Å². The van der Waals surface area contributed by atoms with Gasteiger partial charge in [-0.3, -0.25) is 4.79 Å². The highest BCUT2D eigenvalue weighted by molar-refractivity contribution is 7.88. The van der Waals surface area contributed by atoms with Gasteiger partial charge in [0.2, 0.25) is 15.9 Å². The minimum Gasteiger partial charge on any atom is -0.338 e. The van der Waals surface area contributed by atoms with E-state index in [1.807, 2.05) is 12.1 Å². The van der Waals surface area contributed by atoms with Crippen molar-refractivity contribution >= 4 is 33.6 Å². The van der Waals surface area contributed by atoms with Crippen LogP contribution in [0.3, 0.4) is 0 Å². The predicted octanol–water partition coefficient (Wildman–Crippen LogP) is 1.89. The van der Waals surface area contributed by atoms with Crippen LogP contribution in [0.4, 0.5) is 0 Å². The summed E-state index contributed by atoms with van der Waals surface area (Å²) in [5.41, 5.74) is 0.851. The fourth-order valence-electron chi connectivity index (χ4n) is 2.46. The lowest BCUT2D eigenvalue weighted by atomic mass is 10.1. The first-order valence-corrected chi connectivity index (χ1v) is 9.30. The van der Waals surface area contributed by atoms with Gasteiger partial charge in [-0.05, 0) is 36.6 Å². The molecule has 0 radical (unpaired) electrons. The number of hydrogen-bond acceptors (Lipinski definition) is 3. The van der Waals surface area contributed by atoms with Crippen molar-refractivity contribution in [2.75, 3.05) is 19.3 Å². The molecule has 1 aliphatic rings. The molecule has 1 saturated heterocycles. The van der Waals surface area contributed by atoms with Crippen molar-refractivity contribution < 1.29 is 13.2 Å². The monoisotopic (exact) mass is 342 g/mol. The SMILES string of the molecule is CS(=O)(=O)N[C@H]1CCCN(C(=O)/C=C\c2cccc(Cl)c2)C1. The van der Waals surface area contributed by atoms with E-state index >= 15 is 0 Å². The average Bonchev–Trinajstić information content (AvgIpc) is 2.43. The molecule has 1 aliphatic heterocycles. The number of amides is 1. The zero-order valence-corrected chi connectivity index (χ0v) is 13.9. The molecule has 0 aromatic heterocycles. The van der Waals surface area contributed by atoms with Crippen molar-refractivity contribution in [2.45, 2.75) is 18.9 Å². The molecule has 0 spiro atoms. The standard InChI is InChI=1S/C15H19ClN2O3S/c1-22(20,21)17-14-6-3-9-18(11-14)15(19)8-7-12-4-2-5-13(16)10-12/h2,4-5,7-8,10,14,17H,3,6,9,11H2,1H3/b8-7-/t14-/m0/s1. The number of sulfonamides is 1. The lowest BCUT2D eigenvalue weighted by Crippen LogP contribution is -2.48. The Bertz CT molecular complexity index is 673. The molecule has 120 valence electrons. The Hall–Kier alpha value is -1.37. The van der Waals surface area contributed by atoms with E-state index in [4.69, 9.17) is 11.6 Å². The maximum atomic E-state index is 12.2. The molecule has 2 rings (SSSR count). The van der Waals surface area contributed by atoms with Crippen LogP contribution >= 0.6 is 11.6 Å². The topological polar surface area (TPSA) is 66.5 Å². The third-order valence-corrected chi connectivity index (χ3v) is 4.38. The van der Waals surface area contributed by atoms with Gasteiger partial charge in [0, 0.05) is 30.2 Å². The first-order chi connectivity index (χ1) is 10.3. The summed E-state index contributed by atoms with van der Waals surface area (Å²) in [5, 5.41) is 0.616. The Morgan fingerprint density at radius 3 is 2.91 bits per heavy atom. The Labute approximate surface area is 136 Å². The summed E-state index contributed by atoms with van der Waals surface area (Å²) in [6.07, 6.45) is 5.86. The summed E-state index contributed by atoms with van der Waals surface area (Å²) in [4.78, 5) is 13.9. The summed E-state index contributed by atoms with van der Waals surface area (Å²) in [5.74, 6) is -0.125. The van der Waals surface area contributed by atoms with Gasteiger partial charge in [-0.2, -0.15) is 0 Å². The summed E-state index contributed by atoms with van der Waals surface area (Å²) in [6.45, 7) is 1.03. The van der Waals surface area contributed by atoms with Crippen LogP contribution < -0.4 is 4.72 Å². The smallest absolute Gasteiger partial charge is 0.246 e. The lowest BCUT2D eigenvalue weighted by Gasteiger charge is -2.32. The molecule has 0 bridgehead atoms. The summed E-state index contributed by atoms with van der Waals surface area (Å²) in [7, 11) is -3.25. The number of nitrogens with zero attached hydrogens (tertiary/aromatic N) is 1. The Morgan fingerprint density at radius 2 is 2.23 bits per heavy atom. The van der Waals surface area contributed by atoms with Gasteiger partial charge >= 0.3 is 0 Å². The van der Waals surface area contributed by atoms with Crippen molar-refractivity contribution in [3.8, 4) is 0 Å².